The van der Waals surface area contributed by atoms with Gasteiger partial charge >= 0.3 is 17.9 Å². The van der Waals surface area contributed by atoms with Crippen molar-refractivity contribution in [2.45, 2.75) is 37.3 Å². The zero-order valence-corrected chi connectivity index (χ0v) is 21.4. The molecule has 0 aromatic carbocycles. The SMILES string of the molecule is CC(=O)N[C@@H](CS)C(=O)O.NC(CSSCC(N)C(=O)O)C(=O)O.O[C@H](CS)[C@@H](O)CS. The van der Waals surface area contributed by atoms with Gasteiger partial charge in [0.1, 0.15) is 18.1 Å². The van der Waals surface area contributed by atoms with Crippen LogP contribution in [0.3, 0.4) is 0 Å². The molecule has 0 aliphatic carbocycles. The molecule has 190 valence electrons. The molecule has 1 amide bonds. The van der Waals surface area contributed by atoms with Crippen molar-refractivity contribution in [2.75, 3.05) is 28.8 Å². The zero-order valence-electron chi connectivity index (χ0n) is 17.1. The first kappa shape index (κ1) is 36.0. The molecule has 0 aromatic rings. The standard InChI is InChI=1S/C6H12N2O4S2.C5H9NO3S.C4H10O2S2/c7-3(5(9)10)1-13-14-2-4(8)6(11)12;1-3(7)6-4(2-10)5(8)9;5-3(1-7)4(6)2-8/h3-4H,1-2,7-8H2,(H,9,10)(H,11,12);4,10H,2H2,1H3,(H,6,7)(H,8,9);3-8H,1-2H2/t;4-;3-,4+/m.0./s1. The highest BCUT2D eigenvalue weighted by atomic mass is 33.1. The van der Waals surface area contributed by atoms with Crippen molar-refractivity contribution in [3.8, 4) is 0 Å². The molecule has 0 aliphatic heterocycles. The molecule has 12 nitrogen and oxygen atoms in total. The number of aliphatic carboxylic acids is 3. The van der Waals surface area contributed by atoms with Gasteiger partial charge in [-0.25, -0.2) is 4.79 Å². The number of carboxylic acids is 3. The number of aliphatic hydroxyl groups excluding tert-OH is 2. The number of carbonyl (C=O) groups excluding carboxylic acids is 1. The van der Waals surface area contributed by atoms with E-state index in [2.05, 4.69) is 43.2 Å². The van der Waals surface area contributed by atoms with E-state index in [4.69, 9.17) is 37.0 Å². The lowest BCUT2D eigenvalue weighted by atomic mass is 10.3. The molecule has 32 heavy (non-hydrogen) atoms. The number of rotatable bonds is 13. The van der Waals surface area contributed by atoms with Gasteiger partial charge in [-0.1, -0.05) is 21.6 Å². The molecular weight excluding hydrogens is 527 g/mol. The normalized spacial score (nSPS) is 14.8. The molecular formula is C15H31N3O9S5. The molecule has 0 radical (unpaired) electrons. The molecule has 0 spiro atoms. The van der Waals surface area contributed by atoms with E-state index in [0.717, 1.165) is 0 Å². The number of nitrogens with two attached hydrogens (primary N) is 2. The van der Waals surface area contributed by atoms with Crippen molar-refractivity contribution in [3.63, 3.8) is 0 Å². The lowest BCUT2D eigenvalue weighted by molar-refractivity contribution is -0.141. The van der Waals surface area contributed by atoms with Crippen molar-refractivity contribution < 1.29 is 44.7 Å². The first-order chi connectivity index (χ1) is 14.7. The molecule has 0 rings (SSSR count). The summed E-state index contributed by atoms with van der Waals surface area (Å²) in [6, 6.07) is -2.72. The molecule has 0 fully saturated rings. The molecule has 0 bridgehead atoms. The maximum atomic E-state index is 10.3. The minimum atomic E-state index is -1.07. The quantitative estimate of drug-likeness (QED) is 0.0687. The van der Waals surface area contributed by atoms with Crippen molar-refractivity contribution in [1.82, 2.24) is 5.32 Å². The Balaban J connectivity index is -0.000000413. The predicted molar refractivity (Wildman–Crippen MR) is 135 cm³/mol. The summed E-state index contributed by atoms with van der Waals surface area (Å²) in [6.45, 7) is 1.26. The van der Waals surface area contributed by atoms with Gasteiger partial charge in [-0.05, 0) is 0 Å². The Hall–Kier alpha value is -0.530. The second kappa shape index (κ2) is 22.3. The molecule has 2 unspecified atom stereocenters. The Bertz CT molecular complexity index is 533. The van der Waals surface area contributed by atoms with Crippen molar-refractivity contribution in [3.05, 3.63) is 0 Å². The van der Waals surface area contributed by atoms with Gasteiger partial charge in [0.15, 0.2) is 0 Å². The summed E-state index contributed by atoms with van der Waals surface area (Å²) in [5.41, 5.74) is 10.4. The summed E-state index contributed by atoms with van der Waals surface area (Å²) < 4.78 is 0. The third-order valence-electron chi connectivity index (χ3n) is 2.89. The van der Waals surface area contributed by atoms with Crippen molar-refractivity contribution >= 4 is 83.3 Å². The number of nitrogens with one attached hydrogen (secondary N) is 1. The van der Waals surface area contributed by atoms with E-state index in [0.29, 0.717) is 0 Å². The monoisotopic (exact) mass is 557 g/mol. The van der Waals surface area contributed by atoms with E-state index in [1.807, 2.05) is 0 Å². The summed E-state index contributed by atoms with van der Waals surface area (Å²) in [5, 5.41) is 44.9. The van der Waals surface area contributed by atoms with Gasteiger partial charge in [0.2, 0.25) is 5.91 Å². The fourth-order valence-corrected chi connectivity index (χ4v) is 4.02. The van der Waals surface area contributed by atoms with Crippen LogP contribution in [0.15, 0.2) is 0 Å². The summed E-state index contributed by atoms with van der Waals surface area (Å²) in [5.74, 6) is -2.44. The number of hydrogen-bond donors (Lipinski definition) is 11. The predicted octanol–water partition coefficient (Wildman–Crippen LogP) is -1.74. The van der Waals surface area contributed by atoms with E-state index in [1.54, 1.807) is 0 Å². The molecule has 17 heteroatoms. The summed E-state index contributed by atoms with van der Waals surface area (Å²) in [4.78, 5) is 41.0. The number of aliphatic hydroxyl groups is 2. The van der Waals surface area contributed by atoms with E-state index < -0.39 is 48.2 Å². The Kier molecular flexibility index (Phi) is 25.1. The fraction of sp³-hybridized carbons (Fsp3) is 0.733. The molecule has 0 heterocycles. The molecule has 0 aromatic heterocycles. The highest BCUT2D eigenvalue weighted by Gasteiger charge is 2.15. The van der Waals surface area contributed by atoms with Crippen LogP contribution in [0, 0.1) is 0 Å². The number of amides is 1. The highest BCUT2D eigenvalue weighted by molar-refractivity contribution is 8.76. The van der Waals surface area contributed by atoms with Gasteiger partial charge in [0.05, 0.1) is 12.2 Å². The number of thiol groups is 3. The molecule has 5 atom stereocenters. The van der Waals surface area contributed by atoms with Crippen molar-refractivity contribution in [1.29, 1.82) is 0 Å². The number of hydrogen-bond acceptors (Lipinski definition) is 13. The minimum absolute atomic E-state index is 0.106. The summed E-state index contributed by atoms with van der Waals surface area (Å²) in [7, 11) is 2.41. The summed E-state index contributed by atoms with van der Waals surface area (Å²) >= 11 is 11.3. The Morgan fingerprint density at radius 2 is 1.12 bits per heavy atom. The van der Waals surface area contributed by atoms with E-state index in [1.165, 1.54) is 28.5 Å². The summed E-state index contributed by atoms with van der Waals surface area (Å²) in [6.07, 6.45) is -1.48. The van der Waals surface area contributed by atoms with Crippen LogP contribution in [0.25, 0.3) is 0 Å². The van der Waals surface area contributed by atoms with E-state index in [-0.39, 0.29) is 34.7 Å². The lowest BCUT2D eigenvalue weighted by Crippen LogP contribution is -2.40. The molecule has 0 saturated heterocycles. The van der Waals surface area contributed by atoms with Gasteiger partial charge < -0.3 is 42.3 Å². The number of carboxylic acid groups (broad SMARTS) is 3. The van der Waals surface area contributed by atoms with Gasteiger partial charge in [-0.15, -0.1) is 0 Å². The second-order valence-corrected chi connectivity index (χ2v) is 9.38. The number of carbonyl (C=O) groups is 4. The maximum Gasteiger partial charge on any atom is 0.327 e. The maximum absolute atomic E-state index is 10.3. The average Bonchev–Trinajstić information content (AvgIpc) is 2.73. The lowest BCUT2D eigenvalue weighted by Gasteiger charge is -2.11. The van der Waals surface area contributed by atoms with Crippen LogP contribution in [0.2, 0.25) is 0 Å². The van der Waals surface area contributed by atoms with Gasteiger partial charge in [-0.3, -0.25) is 14.4 Å². The smallest absolute Gasteiger partial charge is 0.327 e. The minimum Gasteiger partial charge on any atom is -0.480 e. The van der Waals surface area contributed by atoms with Gasteiger partial charge in [-0.2, -0.15) is 37.9 Å². The molecule has 0 aliphatic rings. The van der Waals surface area contributed by atoms with Crippen LogP contribution in [-0.2, 0) is 19.2 Å². The first-order valence-electron chi connectivity index (χ1n) is 8.64. The van der Waals surface area contributed by atoms with Crippen LogP contribution in [0.1, 0.15) is 6.92 Å². The third-order valence-corrected chi connectivity index (χ3v) is 6.48. The average molecular weight is 558 g/mol. The third kappa shape index (κ3) is 22.7. The van der Waals surface area contributed by atoms with Gasteiger partial charge in [0, 0.05) is 35.7 Å². The Morgan fingerprint density at radius 3 is 1.28 bits per heavy atom. The van der Waals surface area contributed by atoms with Crippen LogP contribution in [0.4, 0.5) is 0 Å². The largest absolute Gasteiger partial charge is 0.480 e. The second-order valence-electron chi connectivity index (χ2n) is 5.73. The Morgan fingerprint density at radius 1 is 0.781 bits per heavy atom. The van der Waals surface area contributed by atoms with E-state index in [9.17, 15) is 19.2 Å². The first-order valence-corrected chi connectivity index (χ1v) is 13.0. The van der Waals surface area contributed by atoms with Gasteiger partial charge in [0.25, 0.3) is 0 Å². The van der Waals surface area contributed by atoms with Crippen LogP contribution in [0.5, 0.6) is 0 Å². The fourth-order valence-electron chi connectivity index (χ4n) is 1.06. The van der Waals surface area contributed by atoms with Crippen LogP contribution in [-0.4, -0.2) is 108 Å². The Labute approximate surface area is 210 Å². The van der Waals surface area contributed by atoms with Crippen LogP contribution >= 0.6 is 59.5 Å². The van der Waals surface area contributed by atoms with Crippen molar-refractivity contribution in [2.24, 2.45) is 11.5 Å². The highest BCUT2D eigenvalue weighted by Crippen LogP contribution is 2.22. The molecule has 10 N–H and O–H groups in total. The topological polar surface area (TPSA) is 233 Å². The van der Waals surface area contributed by atoms with E-state index >= 15 is 0 Å². The van der Waals surface area contributed by atoms with Crippen LogP contribution < -0.4 is 16.8 Å². The zero-order chi connectivity index (χ0) is 25.9. The molecule has 0 saturated carbocycles.